The van der Waals surface area contributed by atoms with Crippen LogP contribution in [0.3, 0.4) is 0 Å². The second kappa shape index (κ2) is 7.10. The molecule has 2 N–H and O–H groups in total. The third-order valence-corrected chi connectivity index (χ3v) is 3.52. The second-order valence-corrected chi connectivity index (χ2v) is 5.26. The van der Waals surface area contributed by atoms with Crippen LogP contribution in [0.2, 0.25) is 5.02 Å². The van der Waals surface area contributed by atoms with Crippen molar-refractivity contribution in [1.82, 2.24) is 4.90 Å². The third-order valence-electron chi connectivity index (χ3n) is 3.29. The van der Waals surface area contributed by atoms with Gasteiger partial charge >= 0.3 is 0 Å². The zero-order valence-electron chi connectivity index (χ0n) is 11.4. The van der Waals surface area contributed by atoms with E-state index >= 15 is 0 Å². The van der Waals surface area contributed by atoms with Crippen LogP contribution in [0, 0.1) is 0 Å². The Hall–Kier alpha value is -0.610. The number of likely N-dealkylation sites (N-methyl/N-ethyl adjacent to an activating group) is 1. The van der Waals surface area contributed by atoms with Crippen LogP contribution >= 0.6 is 11.6 Å². The Labute approximate surface area is 115 Å². The van der Waals surface area contributed by atoms with E-state index < -0.39 is 0 Å². The zero-order chi connectivity index (χ0) is 13.6. The van der Waals surface area contributed by atoms with E-state index in [4.69, 9.17) is 22.1 Å². The van der Waals surface area contributed by atoms with Gasteiger partial charge in [0.1, 0.15) is 0 Å². The van der Waals surface area contributed by atoms with Gasteiger partial charge in [-0.05, 0) is 38.6 Å². The average Bonchev–Trinajstić information content (AvgIpc) is 2.36. The smallest absolute Gasteiger partial charge is 0.0659 e. The van der Waals surface area contributed by atoms with E-state index in [1.807, 2.05) is 25.1 Å². The summed E-state index contributed by atoms with van der Waals surface area (Å²) in [5.41, 5.74) is 6.91. The van der Waals surface area contributed by atoms with Gasteiger partial charge in [-0.25, -0.2) is 0 Å². The molecule has 18 heavy (non-hydrogen) atoms. The maximum atomic E-state index is 5.99. The fourth-order valence-corrected chi connectivity index (χ4v) is 1.96. The normalized spacial score (nSPS) is 14.8. The standard InChI is InChI=1S/C14H23ClN2O/c1-4-18-11-14(2,10-16)17(3)9-12-6-5-7-13(15)8-12/h5-8H,4,9-11,16H2,1-3H3. The molecule has 0 aliphatic carbocycles. The number of ether oxygens (including phenoxy) is 1. The fraction of sp³-hybridized carbons (Fsp3) is 0.571. The molecular formula is C14H23ClN2O. The van der Waals surface area contributed by atoms with Crippen LogP contribution in [0.25, 0.3) is 0 Å². The predicted molar refractivity (Wildman–Crippen MR) is 76.9 cm³/mol. The van der Waals surface area contributed by atoms with Gasteiger partial charge in [0.2, 0.25) is 0 Å². The van der Waals surface area contributed by atoms with Gasteiger partial charge in [-0.15, -0.1) is 0 Å². The van der Waals surface area contributed by atoms with E-state index in [-0.39, 0.29) is 5.54 Å². The highest BCUT2D eigenvalue weighted by Gasteiger charge is 2.27. The first-order chi connectivity index (χ1) is 8.51. The zero-order valence-corrected chi connectivity index (χ0v) is 12.2. The van der Waals surface area contributed by atoms with Crippen LogP contribution < -0.4 is 5.73 Å². The molecule has 0 saturated carbocycles. The molecular weight excluding hydrogens is 248 g/mol. The first kappa shape index (κ1) is 15.4. The van der Waals surface area contributed by atoms with E-state index in [1.54, 1.807) is 0 Å². The maximum Gasteiger partial charge on any atom is 0.0659 e. The summed E-state index contributed by atoms with van der Waals surface area (Å²) < 4.78 is 5.52. The first-order valence-electron chi connectivity index (χ1n) is 6.25. The van der Waals surface area contributed by atoms with Crippen molar-refractivity contribution in [3.63, 3.8) is 0 Å². The summed E-state index contributed by atoms with van der Waals surface area (Å²) in [6.45, 7) is 6.82. The number of benzene rings is 1. The summed E-state index contributed by atoms with van der Waals surface area (Å²) in [5.74, 6) is 0. The Morgan fingerprint density at radius 1 is 1.44 bits per heavy atom. The quantitative estimate of drug-likeness (QED) is 0.827. The maximum absolute atomic E-state index is 5.99. The van der Waals surface area contributed by atoms with E-state index in [2.05, 4.69) is 24.9 Å². The molecule has 0 aliphatic heterocycles. The lowest BCUT2D eigenvalue weighted by Crippen LogP contribution is -2.52. The van der Waals surface area contributed by atoms with Crippen molar-refractivity contribution in [1.29, 1.82) is 0 Å². The van der Waals surface area contributed by atoms with Gasteiger partial charge in [-0.2, -0.15) is 0 Å². The highest BCUT2D eigenvalue weighted by molar-refractivity contribution is 6.30. The molecule has 1 unspecified atom stereocenters. The molecule has 0 spiro atoms. The summed E-state index contributed by atoms with van der Waals surface area (Å²) >= 11 is 5.99. The Morgan fingerprint density at radius 2 is 2.17 bits per heavy atom. The lowest BCUT2D eigenvalue weighted by molar-refractivity contribution is 0.0202. The summed E-state index contributed by atoms with van der Waals surface area (Å²) in [6.07, 6.45) is 0. The van der Waals surface area contributed by atoms with Crippen LogP contribution in [0.4, 0.5) is 0 Å². The largest absolute Gasteiger partial charge is 0.380 e. The Bertz CT molecular complexity index is 373. The Balaban J connectivity index is 2.69. The summed E-state index contributed by atoms with van der Waals surface area (Å²) in [5, 5.41) is 0.764. The molecule has 0 fully saturated rings. The molecule has 0 aliphatic rings. The van der Waals surface area contributed by atoms with E-state index in [1.165, 1.54) is 5.56 Å². The van der Waals surface area contributed by atoms with Crippen LogP contribution in [-0.2, 0) is 11.3 Å². The number of hydrogen-bond acceptors (Lipinski definition) is 3. The average molecular weight is 271 g/mol. The van der Waals surface area contributed by atoms with Crippen LogP contribution in [-0.4, -0.2) is 37.2 Å². The molecule has 0 amide bonds. The molecule has 4 heteroatoms. The van der Waals surface area contributed by atoms with E-state index in [0.717, 1.165) is 11.6 Å². The van der Waals surface area contributed by atoms with Crippen molar-refractivity contribution in [3.05, 3.63) is 34.9 Å². The SMILES string of the molecule is CCOCC(C)(CN)N(C)Cc1cccc(Cl)c1. The molecule has 1 rings (SSSR count). The van der Waals surface area contributed by atoms with Crippen LogP contribution in [0.1, 0.15) is 19.4 Å². The van der Waals surface area contributed by atoms with E-state index in [0.29, 0.717) is 19.8 Å². The second-order valence-electron chi connectivity index (χ2n) is 4.82. The Kier molecular flexibility index (Phi) is 6.09. The molecule has 0 bridgehead atoms. The molecule has 1 atom stereocenters. The lowest BCUT2D eigenvalue weighted by atomic mass is 10.0. The number of nitrogens with zero attached hydrogens (tertiary/aromatic N) is 1. The van der Waals surface area contributed by atoms with Gasteiger partial charge in [0, 0.05) is 24.7 Å². The fourth-order valence-electron chi connectivity index (χ4n) is 1.75. The summed E-state index contributed by atoms with van der Waals surface area (Å²) in [4.78, 5) is 2.22. The van der Waals surface area contributed by atoms with Crippen LogP contribution in [0.15, 0.2) is 24.3 Å². The minimum atomic E-state index is -0.154. The monoisotopic (exact) mass is 270 g/mol. The molecule has 1 aromatic carbocycles. The highest BCUT2D eigenvalue weighted by atomic mass is 35.5. The Morgan fingerprint density at radius 3 is 2.72 bits per heavy atom. The van der Waals surface area contributed by atoms with Crippen molar-refractivity contribution in [3.8, 4) is 0 Å². The van der Waals surface area contributed by atoms with Crippen molar-refractivity contribution < 1.29 is 4.74 Å². The van der Waals surface area contributed by atoms with Crippen LogP contribution in [0.5, 0.6) is 0 Å². The summed E-state index contributed by atoms with van der Waals surface area (Å²) in [6, 6.07) is 7.90. The molecule has 1 aromatic rings. The van der Waals surface area contributed by atoms with Crippen molar-refractivity contribution in [2.45, 2.75) is 25.9 Å². The topological polar surface area (TPSA) is 38.5 Å². The minimum absolute atomic E-state index is 0.154. The van der Waals surface area contributed by atoms with Gasteiger partial charge in [-0.3, -0.25) is 4.90 Å². The van der Waals surface area contributed by atoms with Crippen molar-refractivity contribution in [2.75, 3.05) is 26.8 Å². The first-order valence-corrected chi connectivity index (χ1v) is 6.63. The molecule has 0 heterocycles. The number of halogens is 1. The van der Waals surface area contributed by atoms with Crippen molar-refractivity contribution in [2.24, 2.45) is 5.73 Å². The van der Waals surface area contributed by atoms with Gasteiger partial charge in [0.25, 0.3) is 0 Å². The van der Waals surface area contributed by atoms with Crippen molar-refractivity contribution >= 4 is 11.6 Å². The molecule has 0 aromatic heterocycles. The molecule has 3 nitrogen and oxygen atoms in total. The van der Waals surface area contributed by atoms with E-state index in [9.17, 15) is 0 Å². The molecule has 102 valence electrons. The lowest BCUT2D eigenvalue weighted by Gasteiger charge is -2.37. The molecule has 0 radical (unpaired) electrons. The number of nitrogens with two attached hydrogens (primary N) is 1. The minimum Gasteiger partial charge on any atom is -0.380 e. The highest BCUT2D eigenvalue weighted by Crippen LogP contribution is 2.18. The summed E-state index contributed by atoms with van der Waals surface area (Å²) in [7, 11) is 2.06. The number of rotatable bonds is 7. The third kappa shape index (κ3) is 4.25. The van der Waals surface area contributed by atoms with Gasteiger partial charge < -0.3 is 10.5 Å². The number of hydrogen-bond donors (Lipinski definition) is 1. The van der Waals surface area contributed by atoms with Gasteiger partial charge in [-0.1, -0.05) is 23.7 Å². The molecule has 0 saturated heterocycles. The van der Waals surface area contributed by atoms with Gasteiger partial charge in [0.15, 0.2) is 0 Å². The predicted octanol–water partition coefficient (Wildman–Crippen LogP) is 2.53. The van der Waals surface area contributed by atoms with Gasteiger partial charge in [0.05, 0.1) is 12.1 Å².